The second kappa shape index (κ2) is 7.15. The van der Waals surface area contributed by atoms with Crippen molar-refractivity contribution in [3.8, 4) is 5.69 Å². The fraction of sp³-hybridized carbons (Fsp3) is 0.375. The Hall–Kier alpha value is -1.90. The molecule has 3 rings (SSSR count). The lowest BCUT2D eigenvalue weighted by Crippen LogP contribution is -2.46. The van der Waals surface area contributed by atoms with Gasteiger partial charge in [-0.05, 0) is 31.0 Å². The van der Waals surface area contributed by atoms with E-state index in [1.54, 1.807) is 23.0 Å². The van der Waals surface area contributed by atoms with Crippen LogP contribution in [0.1, 0.15) is 23.2 Å². The first kappa shape index (κ1) is 17.9. The van der Waals surface area contributed by atoms with Gasteiger partial charge in [-0.1, -0.05) is 17.7 Å². The Morgan fingerprint density at radius 2 is 2.04 bits per heavy atom. The lowest BCUT2D eigenvalue weighted by molar-refractivity contribution is 0.0924. The number of rotatable bonds is 4. The highest BCUT2D eigenvalue weighted by molar-refractivity contribution is 7.88. The SMILES string of the molecule is CS(=O)(=O)N1CCC(NC(=O)c2cnn(-c3cccc(Cl)c3)c2)CC1. The summed E-state index contributed by atoms with van der Waals surface area (Å²) in [5.74, 6) is -0.217. The lowest BCUT2D eigenvalue weighted by atomic mass is 10.1. The number of nitrogens with zero attached hydrogens (tertiary/aromatic N) is 3. The largest absolute Gasteiger partial charge is 0.349 e. The smallest absolute Gasteiger partial charge is 0.254 e. The second-order valence-corrected chi connectivity index (χ2v) is 8.48. The first-order valence-corrected chi connectivity index (χ1v) is 10.1. The standard InChI is InChI=1S/C16H19ClN4O3S/c1-25(23,24)20-7-5-14(6-8-20)19-16(22)12-10-18-21(11-12)15-4-2-3-13(17)9-15/h2-4,9-11,14H,5-8H2,1H3,(H,19,22). The molecule has 1 aromatic carbocycles. The topological polar surface area (TPSA) is 84.3 Å². The molecule has 0 atom stereocenters. The molecular weight excluding hydrogens is 364 g/mol. The molecular formula is C16H19ClN4O3S. The molecule has 0 aliphatic carbocycles. The van der Waals surface area contributed by atoms with Crippen molar-refractivity contribution in [3.63, 3.8) is 0 Å². The molecule has 2 aromatic rings. The van der Waals surface area contributed by atoms with Gasteiger partial charge < -0.3 is 5.32 Å². The van der Waals surface area contributed by atoms with E-state index in [0.717, 1.165) is 5.69 Å². The molecule has 1 aromatic heterocycles. The highest BCUT2D eigenvalue weighted by Gasteiger charge is 2.26. The summed E-state index contributed by atoms with van der Waals surface area (Å²) in [6, 6.07) is 7.15. The fourth-order valence-corrected chi connectivity index (χ4v) is 3.86. The molecule has 0 saturated carbocycles. The summed E-state index contributed by atoms with van der Waals surface area (Å²) in [5.41, 5.74) is 1.22. The number of piperidine rings is 1. The Bertz CT molecular complexity index is 873. The third-order valence-corrected chi connectivity index (χ3v) is 5.71. The average molecular weight is 383 g/mol. The Labute approximate surface area is 151 Å². The van der Waals surface area contributed by atoms with Crippen molar-refractivity contribution < 1.29 is 13.2 Å². The van der Waals surface area contributed by atoms with Gasteiger partial charge in [-0.25, -0.2) is 17.4 Å². The minimum absolute atomic E-state index is 0.0416. The van der Waals surface area contributed by atoms with Crippen LogP contribution in [0.2, 0.25) is 5.02 Å². The minimum Gasteiger partial charge on any atom is -0.349 e. The van der Waals surface area contributed by atoms with Crippen molar-refractivity contribution in [2.45, 2.75) is 18.9 Å². The van der Waals surface area contributed by atoms with Gasteiger partial charge in [0.2, 0.25) is 10.0 Å². The highest BCUT2D eigenvalue weighted by Crippen LogP contribution is 2.16. The number of aromatic nitrogens is 2. The Morgan fingerprint density at radius 1 is 1.32 bits per heavy atom. The summed E-state index contributed by atoms with van der Waals surface area (Å²) in [7, 11) is -3.16. The van der Waals surface area contributed by atoms with Crippen molar-refractivity contribution in [1.82, 2.24) is 19.4 Å². The van der Waals surface area contributed by atoms with E-state index in [1.165, 1.54) is 16.8 Å². The van der Waals surface area contributed by atoms with E-state index in [9.17, 15) is 13.2 Å². The summed E-state index contributed by atoms with van der Waals surface area (Å²) in [4.78, 5) is 12.4. The molecule has 7 nitrogen and oxygen atoms in total. The normalized spacial score (nSPS) is 16.7. The van der Waals surface area contributed by atoms with Crippen molar-refractivity contribution in [3.05, 3.63) is 47.2 Å². The van der Waals surface area contributed by atoms with Gasteiger partial charge in [0.15, 0.2) is 0 Å². The van der Waals surface area contributed by atoms with E-state index in [4.69, 9.17) is 11.6 Å². The van der Waals surface area contributed by atoms with E-state index in [1.807, 2.05) is 12.1 Å². The Morgan fingerprint density at radius 3 is 2.68 bits per heavy atom. The molecule has 1 aliphatic rings. The van der Waals surface area contributed by atoms with Crippen LogP contribution in [0.3, 0.4) is 0 Å². The van der Waals surface area contributed by atoms with Crippen LogP contribution in [0.15, 0.2) is 36.7 Å². The van der Waals surface area contributed by atoms with Gasteiger partial charge in [0, 0.05) is 30.4 Å². The Balaban J connectivity index is 1.61. The van der Waals surface area contributed by atoms with Crippen molar-refractivity contribution in [2.75, 3.05) is 19.3 Å². The molecule has 0 radical (unpaired) electrons. The average Bonchev–Trinajstić information content (AvgIpc) is 3.05. The van der Waals surface area contributed by atoms with Crippen LogP contribution in [0.5, 0.6) is 0 Å². The van der Waals surface area contributed by atoms with Crippen LogP contribution in [-0.4, -0.2) is 53.8 Å². The maximum atomic E-state index is 12.4. The predicted octanol–water partition coefficient (Wildman–Crippen LogP) is 1.68. The summed E-state index contributed by atoms with van der Waals surface area (Å²) in [5, 5.41) is 7.73. The third kappa shape index (κ3) is 4.39. The lowest BCUT2D eigenvalue weighted by Gasteiger charge is -2.30. The number of halogens is 1. The van der Waals surface area contributed by atoms with Gasteiger partial charge in [-0.15, -0.1) is 0 Å². The van der Waals surface area contributed by atoms with Gasteiger partial charge in [0.05, 0.1) is 23.7 Å². The van der Waals surface area contributed by atoms with Gasteiger partial charge >= 0.3 is 0 Å². The maximum Gasteiger partial charge on any atom is 0.254 e. The molecule has 1 N–H and O–H groups in total. The van der Waals surface area contributed by atoms with Crippen molar-refractivity contribution in [2.24, 2.45) is 0 Å². The van der Waals surface area contributed by atoms with Crippen molar-refractivity contribution >= 4 is 27.5 Å². The van der Waals surface area contributed by atoms with E-state index in [2.05, 4.69) is 10.4 Å². The summed E-state index contributed by atoms with van der Waals surface area (Å²) >= 11 is 5.97. The van der Waals surface area contributed by atoms with Crippen LogP contribution in [0.25, 0.3) is 5.69 Å². The van der Waals surface area contributed by atoms with Gasteiger partial charge in [0.1, 0.15) is 0 Å². The first-order valence-electron chi connectivity index (χ1n) is 7.89. The van der Waals surface area contributed by atoms with Crippen LogP contribution in [0.4, 0.5) is 0 Å². The molecule has 2 heterocycles. The summed E-state index contributed by atoms with van der Waals surface area (Å²) < 4.78 is 26.1. The zero-order valence-electron chi connectivity index (χ0n) is 13.7. The quantitative estimate of drug-likeness (QED) is 0.871. The van der Waals surface area contributed by atoms with Gasteiger partial charge in [-0.2, -0.15) is 5.10 Å². The fourth-order valence-electron chi connectivity index (χ4n) is 2.80. The number of hydrogen-bond donors (Lipinski definition) is 1. The molecule has 0 unspecified atom stereocenters. The zero-order valence-corrected chi connectivity index (χ0v) is 15.3. The van der Waals surface area contributed by atoms with Crippen molar-refractivity contribution in [1.29, 1.82) is 0 Å². The monoisotopic (exact) mass is 382 g/mol. The molecule has 1 saturated heterocycles. The number of nitrogens with one attached hydrogen (secondary N) is 1. The van der Waals surface area contributed by atoms with E-state index in [0.29, 0.717) is 36.5 Å². The number of benzene rings is 1. The molecule has 1 aliphatic heterocycles. The molecule has 1 amide bonds. The van der Waals surface area contributed by atoms with Gasteiger partial charge in [0.25, 0.3) is 5.91 Å². The zero-order chi connectivity index (χ0) is 18.0. The number of hydrogen-bond acceptors (Lipinski definition) is 4. The van der Waals surface area contributed by atoms with Crippen LogP contribution < -0.4 is 5.32 Å². The molecule has 0 bridgehead atoms. The van der Waals surface area contributed by atoms with Crippen LogP contribution in [0, 0.1) is 0 Å². The predicted molar refractivity (Wildman–Crippen MR) is 95.5 cm³/mol. The number of amides is 1. The summed E-state index contributed by atoms with van der Waals surface area (Å²) in [6.45, 7) is 0.844. The van der Waals surface area contributed by atoms with E-state index in [-0.39, 0.29) is 11.9 Å². The first-order chi connectivity index (χ1) is 11.8. The molecule has 9 heteroatoms. The molecule has 1 fully saturated rings. The van der Waals surface area contributed by atoms with E-state index < -0.39 is 10.0 Å². The van der Waals surface area contributed by atoms with Gasteiger partial charge in [-0.3, -0.25) is 4.79 Å². The van der Waals surface area contributed by atoms with Crippen LogP contribution >= 0.6 is 11.6 Å². The molecule has 0 spiro atoms. The number of carbonyl (C=O) groups excluding carboxylic acids is 1. The minimum atomic E-state index is -3.16. The Kier molecular flexibility index (Phi) is 5.12. The second-order valence-electron chi connectivity index (χ2n) is 6.06. The molecule has 134 valence electrons. The molecule has 25 heavy (non-hydrogen) atoms. The van der Waals surface area contributed by atoms with E-state index >= 15 is 0 Å². The number of sulfonamides is 1. The summed E-state index contributed by atoms with van der Waals surface area (Å²) in [6.07, 6.45) is 5.55. The van der Waals surface area contributed by atoms with Crippen LogP contribution in [-0.2, 0) is 10.0 Å². The maximum absolute atomic E-state index is 12.4. The highest BCUT2D eigenvalue weighted by atomic mass is 35.5. The third-order valence-electron chi connectivity index (χ3n) is 4.18. The number of carbonyl (C=O) groups is 1.